The fraction of sp³-hybridized carbons (Fsp3) is 0.107. The molecule has 58 heavy (non-hydrogen) atoms. The summed E-state index contributed by atoms with van der Waals surface area (Å²) in [4.78, 5) is 2.44. The minimum absolute atomic E-state index is 0.0982. The highest BCUT2D eigenvalue weighted by molar-refractivity contribution is 6.12. The minimum atomic E-state index is -0.204. The van der Waals surface area contributed by atoms with Crippen LogP contribution in [0.3, 0.4) is 0 Å². The molecule has 0 radical (unpaired) electrons. The SMILES string of the molecule is CC1(C)c2cc3ccccc3cc2-c2cc3ccc(N(c4ccccc4)c4ccc5c(c4)C(C)(C)c4cc6c(cc4-5)c4ccccc4n6-c4ccccc4)cc3cc21. The summed E-state index contributed by atoms with van der Waals surface area (Å²) in [5, 5.41) is 7.69. The zero-order valence-electron chi connectivity index (χ0n) is 33.2. The first-order chi connectivity index (χ1) is 28.3. The zero-order valence-corrected chi connectivity index (χ0v) is 33.2. The van der Waals surface area contributed by atoms with Crippen molar-refractivity contribution < 1.29 is 0 Å². The van der Waals surface area contributed by atoms with E-state index in [1.165, 1.54) is 93.5 Å². The second-order valence-corrected chi connectivity index (χ2v) is 17.4. The number of fused-ring (bicyclic) bond motifs is 11. The quantitative estimate of drug-likeness (QED) is 0.174. The third-order valence-corrected chi connectivity index (χ3v) is 13.5. The average Bonchev–Trinajstić information content (AvgIpc) is 3.78. The van der Waals surface area contributed by atoms with Gasteiger partial charge in [-0.3, -0.25) is 0 Å². The second-order valence-electron chi connectivity index (χ2n) is 17.4. The number of hydrogen-bond acceptors (Lipinski definition) is 1. The van der Waals surface area contributed by atoms with E-state index in [1.807, 2.05) is 0 Å². The van der Waals surface area contributed by atoms with Crippen LogP contribution in [0.1, 0.15) is 49.9 Å². The second kappa shape index (κ2) is 11.8. The van der Waals surface area contributed by atoms with E-state index in [-0.39, 0.29) is 10.8 Å². The summed E-state index contributed by atoms with van der Waals surface area (Å²) < 4.78 is 2.43. The maximum atomic E-state index is 2.47. The highest BCUT2D eigenvalue weighted by Crippen LogP contribution is 2.54. The summed E-state index contributed by atoms with van der Waals surface area (Å²) in [5.41, 5.74) is 17.7. The van der Waals surface area contributed by atoms with Gasteiger partial charge in [0.2, 0.25) is 0 Å². The van der Waals surface area contributed by atoms with Crippen LogP contribution < -0.4 is 4.90 Å². The van der Waals surface area contributed by atoms with Crippen molar-refractivity contribution >= 4 is 60.4 Å². The third-order valence-electron chi connectivity index (χ3n) is 13.5. The van der Waals surface area contributed by atoms with Crippen LogP contribution >= 0.6 is 0 Å². The van der Waals surface area contributed by atoms with Gasteiger partial charge in [-0.15, -0.1) is 0 Å². The van der Waals surface area contributed by atoms with Gasteiger partial charge in [0.1, 0.15) is 0 Å². The van der Waals surface area contributed by atoms with Crippen molar-refractivity contribution in [3.8, 4) is 27.9 Å². The summed E-state index contributed by atoms with van der Waals surface area (Å²) in [5.74, 6) is 0. The van der Waals surface area contributed by atoms with Crippen LogP contribution in [0.15, 0.2) is 182 Å². The molecule has 2 heteroatoms. The van der Waals surface area contributed by atoms with Crippen molar-refractivity contribution in [1.29, 1.82) is 0 Å². The van der Waals surface area contributed by atoms with Gasteiger partial charge in [0.05, 0.1) is 11.0 Å². The first-order valence-electron chi connectivity index (χ1n) is 20.5. The zero-order chi connectivity index (χ0) is 38.9. The molecule has 2 aliphatic rings. The summed E-state index contributed by atoms with van der Waals surface area (Å²) >= 11 is 0. The van der Waals surface area contributed by atoms with Gasteiger partial charge in [0, 0.05) is 44.4 Å². The molecular weight excluding hydrogens is 701 g/mol. The van der Waals surface area contributed by atoms with Crippen molar-refractivity contribution in [2.24, 2.45) is 0 Å². The first kappa shape index (κ1) is 33.3. The first-order valence-corrected chi connectivity index (χ1v) is 20.5. The lowest BCUT2D eigenvalue weighted by molar-refractivity contribution is 0.661. The molecular formula is C56H42N2. The van der Waals surface area contributed by atoms with Crippen molar-refractivity contribution in [3.63, 3.8) is 0 Å². The van der Waals surface area contributed by atoms with E-state index in [2.05, 4.69) is 219 Å². The van der Waals surface area contributed by atoms with Crippen LogP contribution in [-0.2, 0) is 10.8 Å². The molecule has 0 saturated heterocycles. The Morgan fingerprint density at radius 3 is 1.62 bits per heavy atom. The summed E-state index contributed by atoms with van der Waals surface area (Å²) in [6.45, 7) is 9.56. The predicted molar refractivity (Wildman–Crippen MR) is 246 cm³/mol. The summed E-state index contributed by atoms with van der Waals surface area (Å²) in [6.07, 6.45) is 0. The molecule has 276 valence electrons. The maximum Gasteiger partial charge on any atom is 0.0544 e. The van der Waals surface area contributed by atoms with Crippen LogP contribution in [-0.4, -0.2) is 4.57 Å². The molecule has 0 amide bonds. The molecule has 0 fully saturated rings. The smallest absolute Gasteiger partial charge is 0.0544 e. The lowest BCUT2D eigenvalue weighted by atomic mass is 9.81. The van der Waals surface area contributed by atoms with E-state index in [4.69, 9.17) is 0 Å². The topological polar surface area (TPSA) is 8.17 Å². The van der Waals surface area contributed by atoms with Crippen molar-refractivity contribution in [3.05, 3.63) is 204 Å². The number of para-hydroxylation sites is 3. The average molecular weight is 743 g/mol. The van der Waals surface area contributed by atoms with Gasteiger partial charge in [-0.05, 0) is 157 Å². The molecule has 0 saturated carbocycles. The van der Waals surface area contributed by atoms with Gasteiger partial charge < -0.3 is 9.47 Å². The molecule has 1 heterocycles. The van der Waals surface area contributed by atoms with E-state index >= 15 is 0 Å². The number of hydrogen-bond donors (Lipinski definition) is 0. The Labute approximate surface area is 339 Å². The van der Waals surface area contributed by atoms with E-state index in [1.54, 1.807) is 0 Å². The number of nitrogens with zero attached hydrogens (tertiary/aromatic N) is 2. The largest absolute Gasteiger partial charge is 0.310 e. The van der Waals surface area contributed by atoms with E-state index in [9.17, 15) is 0 Å². The molecule has 0 unspecified atom stereocenters. The Kier molecular flexibility index (Phi) is 6.78. The van der Waals surface area contributed by atoms with E-state index in [0.29, 0.717) is 0 Å². The number of rotatable bonds is 4. The van der Waals surface area contributed by atoms with E-state index < -0.39 is 0 Å². The van der Waals surface area contributed by atoms with Gasteiger partial charge in [0.15, 0.2) is 0 Å². The Hall–Kier alpha value is -6.90. The number of aromatic nitrogens is 1. The van der Waals surface area contributed by atoms with Crippen molar-refractivity contribution in [2.45, 2.75) is 38.5 Å². The fourth-order valence-corrected chi connectivity index (χ4v) is 10.5. The lowest BCUT2D eigenvalue weighted by Gasteiger charge is -2.28. The monoisotopic (exact) mass is 742 g/mol. The fourth-order valence-electron chi connectivity index (χ4n) is 10.5. The molecule has 0 N–H and O–H groups in total. The molecule has 12 rings (SSSR count). The molecule has 0 atom stereocenters. The van der Waals surface area contributed by atoms with Gasteiger partial charge in [-0.1, -0.05) is 119 Å². The van der Waals surface area contributed by atoms with Crippen LogP contribution in [0.4, 0.5) is 17.1 Å². The van der Waals surface area contributed by atoms with Gasteiger partial charge in [-0.2, -0.15) is 0 Å². The van der Waals surface area contributed by atoms with Crippen LogP contribution in [0.25, 0.3) is 71.3 Å². The third kappa shape index (κ3) is 4.60. The Bertz CT molecular complexity index is 3330. The van der Waals surface area contributed by atoms with Gasteiger partial charge >= 0.3 is 0 Å². The highest BCUT2D eigenvalue weighted by Gasteiger charge is 2.38. The van der Waals surface area contributed by atoms with Crippen molar-refractivity contribution in [2.75, 3.05) is 4.90 Å². The summed E-state index contributed by atoms with van der Waals surface area (Å²) in [7, 11) is 0. The highest BCUT2D eigenvalue weighted by atomic mass is 15.1. The molecule has 2 nitrogen and oxygen atoms in total. The van der Waals surface area contributed by atoms with Gasteiger partial charge in [-0.25, -0.2) is 0 Å². The summed E-state index contributed by atoms with van der Waals surface area (Å²) in [6, 6.07) is 68.0. The molecule has 0 spiro atoms. The number of anilines is 3. The van der Waals surface area contributed by atoms with Crippen molar-refractivity contribution in [1.82, 2.24) is 4.57 Å². The Morgan fingerprint density at radius 2 is 0.879 bits per heavy atom. The molecule has 1 aromatic heterocycles. The Balaban J connectivity index is 1.00. The predicted octanol–water partition coefficient (Wildman–Crippen LogP) is 15.2. The molecule has 2 aliphatic carbocycles. The van der Waals surface area contributed by atoms with Crippen LogP contribution in [0.2, 0.25) is 0 Å². The normalized spacial score (nSPS) is 14.5. The maximum absolute atomic E-state index is 2.47. The van der Waals surface area contributed by atoms with Crippen LogP contribution in [0.5, 0.6) is 0 Å². The standard InChI is InChI=1S/C56H42N2/c1-55(2)49-30-36-16-12-11-15-35(36)28-45(49)46-29-37-23-24-41(27-38(37)31-50(46)55)57(39-17-7-5-8-18-39)42-25-26-43-47-33-48-44-21-13-14-22-53(44)58(40-19-9-6-10-20-40)54(48)34-52(47)56(3,4)51(43)32-42/h5-34H,1-4H3. The molecule has 10 aromatic rings. The van der Waals surface area contributed by atoms with Gasteiger partial charge in [0.25, 0.3) is 0 Å². The molecule has 0 aliphatic heterocycles. The Morgan fingerprint density at radius 1 is 0.345 bits per heavy atom. The lowest BCUT2D eigenvalue weighted by Crippen LogP contribution is -2.17. The minimum Gasteiger partial charge on any atom is -0.310 e. The number of benzene rings is 9. The van der Waals surface area contributed by atoms with E-state index in [0.717, 1.165) is 17.1 Å². The van der Waals surface area contributed by atoms with Crippen LogP contribution in [0, 0.1) is 0 Å². The molecule has 9 aromatic carbocycles. The molecule has 0 bridgehead atoms.